The molecule has 1 aromatic heterocycles. The van der Waals surface area contributed by atoms with Crippen LogP contribution in [-0.4, -0.2) is 50.1 Å². The summed E-state index contributed by atoms with van der Waals surface area (Å²) >= 11 is 0. The van der Waals surface area contributed by atoms with Gasteiger partial charge in [-0.25, -0.2) is 12.8 Å². The lowest BCUT2D eigenvalue weighted by molar-refractivity contribution is 0.388. The van der Waals surface area contributed by atoms with Gasteiger partial charge in [-0.1, -0.05) is 24.3 Å². The number of nitrogens with zero attached hydrogens (tertiary/aromatic N) is 3. The second-order valence-electron chi connectivity index (χ2n) is 7.58. The Morgan fingerprint density at radius 2 is 1.48 bits per heavy atom. The zero-order chi connectivity index (χ0) is 21.8. The van der Waals surface area contributed by atoms with Crippen molar-refractivity contribution in [2.24, 2.45) is 0 Å². The standard InChI is InChI=1S/C24H24FN3O2S/c1-31(29,30)28-14-12-27(13-15-28)24-6-4-19(5-7-24)2-3-20-16-22(18-23(25)17-20)21-8-10-26-11-9-21/h2-11,16-18H,12-15H2,1H3. The lowest BCUT2D eigenvalue weighted by Gasteiger charge is -2.34. The summed E-state index contributed by atoms with van der Waals surface area (Å²) in [5.41, 5.74) is 4.59. The molecule has 0 saturated carbocycles. The van der Waals surface area contributed by atoms with Crippen molar-refractivity contribution in [2.75, 3.05) is 37.3 Å². The first kappa shape index (κ1) is 21.2. The number of anilines is 1. The van der Waals surface area contributed by atoms with E-state index in [9.17, 15) is 12.8 Å². The maximum absolute atomic E-state index is 14.1. The first-order valence-electron chi connectivity index (χ1n) is 10.1. The van der Waals surface area contributed by atoms with Crippen LogP contribution in [0.4, 0.5) is 10.1 Å². The number of pyridine rings is 1. The molecule has 0 spiro atoms. The van der Waals surface area contributed by atoms with Crippen LogP contribution in [0.3, 0.4) is 0 Å². The quantitative estimate of drug-likeness (QED) is 0.563. The number of hydrogen-bond acceptors (Lipinski definition) is 4. The lowest BCUT2D eigenvalue weighted by Crippen LogP contribution is -2.48. The third kappa shape index (κ3) is 5.37. The molecule has 0 amide bonds. The van der Waals surface area contributed by atoms with E-state index < -0.39 is 10.0 Å². The predicted molar refractivity (Wildman–Crippen MR) is 124 cm³/mol. The fourth-order valence-electron chi connectivity index (χ4n) is 3.69. The van der Waals surface area contributed by atoms with Gasteiger partial charge in [-0.3, -0.25) is 4.98 Å². The SMILES string of the molecule is CS(=O)(=O)N1CCN(c2ccc(C=Cc3cc(F)cc(-c4ccncc4)c3)cc2)CC1. The molecular formula is C24H24FN3O2S. The summed E-state index contributed by atoms with van der Waals surface area (Å²) < 4.78 is 38.9. The van der Waals surface area contributed by atoms with Gasteiger partial charge in [0.15, 0.2) is 0 Å². The van der Waals surface area contributed by atoms with Crippen molar-refractivity contribution in [3.63, 3.8) is 0 Å². The van der Waals surface area contributed by atoms with Gasteiger partial charge in [0.1, 0.15) is 5.82 Å². The van der Waals surface area contributed by atoms with Crippen molar-refractivity contribution in [1.29, 1.82) is 0 Å². The van der Waals surface area contributed by atoms with Gasteiger partial charge in [-0.05, 0) is 64.7 Å². The average molecular weight is 438 g/mol. The fraction of sp³-hybridized carbons (Fsp3) is 0.208. The van der Waals surface area contributed by atoms with Crippen LogP contribution in [-0.2, 0) is 10.0 Å². The van der Waals surface area contributed by atoms with E-state index in [1.807, 2.05) is 54.6 Å². The lowest BCUT2D eigenvalue weighted by atomic mass is 10.0. The van der Waals surface area contributed by atoms with Crippen molar-refractivity contribution >= 4 is 27.9 Å². The molecule has 2 aromatic carbocycles. The molecule has 1 fully saturated rings. The van der Waals surface area contributed by atoms with Gasteiger partial charge < -0.3 is 4.90 Å². The summed E-state index contributed by atoms with van der Waals surface area (Å²) in [6.07, 6.45) is 8.49. The number of aromatic nitrogens is 1. The molecule has 0 unspecified atom stereocenters. The minimum Gasteiger partial charge on any atom is -0.369 e. The van der Waals surface area contributed by atoms with E-state index in [-0.39, 0.29) is 5.82 Å². The molecule has 2 heterocycles. The van der Waals surface area contributed by atoms with Crippen molar-refractivity contribution in [3.8, 4) is 11.1 Å². The molecule has 0 radical (unpaired) electrons. The fourth-order valence-corrected chi connectivity index (χ4v) is 4.51. The highest BCUT2D eigenvalue weighted by Gasteiger charge is 2.23. The predicted octanol–water partition coefficient (Wildman–Crippen LogP) is 4.14. The van der Waals surface area contributed by atoms with E-state index in [1.54, 1.807) is 12.4 Å². The van der Waals surface area contributed by atoms with Gasteiger partial charge in [-0.15, -0.1) is 0 Å². The summed E-state index contributed by atoms with van der Waals surface area (Å²) in [4.78, 5) is 6.19. The van der Waals surface area contributed by atoms with Gasteiger partial charge in [-0.2, -0.15) is 4.31 Å². The summed E-state index contributed by atoms with van der Waals surface area (Å²) in [5.74, 6) is -0.280. The number of piperazine rings is 1. The maximum Gasteiger partial charge on any atom is 0.211 e. The van der Waals surface area contributed by atoms with E-state index in [0.717, 1.165) is 27.9 Å². The number of halogens is 1. The van der Waals surface area contributed by atoms with Crippen molar-refractivity contribution in [3.05, 3.63) is 83.9 Å². The Morgan fingerprint density at radius 1 is 0.839 bits per heavy atom. The van der Waals surface area contributed by atoms with Crippen molar-refractivity contribution in [1.82, 2.24) is 9.29 Å². The number of benzene rings is 2. The van der Waals surface area contributed by atoms with E-state index >= 15 is 0 Å². The molecule has 3 aromatic rings. The van der Waals surface area contributed by atoms with Gasteiger partial charge in [0.2, 0.25) is 10.0 Å². The highest BCUT2D eigenvalue weighted by molar-refractivity contribution is 7.88. The zero-order valence-electron chi connectivity index (χ0n) is 17.3. The summed E-state index contributed by atoms with van der Waals surface area (Å²) in [7, 11) is -3.13. The second-order valence-corrected chi connectivity index (χ2v) is 9.57. The first-order valence-corrected chi connectivity index (χ1v) is 11.9. The Hall–Kier alpha value is -3.03. The average Bonchev–Trinajstić information content (AvgIpc) is 2.78. The maximum atomic E-state index is 14.1. The molecule has 4 rings (SSSR count). The molecule has 7 heteroatoms. The van der Waals surface area contributed by atoms with E-state index in [0.29, 0.717) is 26.2 Å². The topological polar surface area (TPSA) is 53.5 Å². The zero-order valence-corrected chi connectivity index (χ0v) is 18.1. The molecule has 0 N–H and O–H groups in total. The monoisotopic (exact) mass is 437 g/mol. The van der Waals surface area contributed by atoms with E-state index in [4.69, 9.17) is 0 Å². The summed E-state index contributed by atoms with van der Waals surface area (Å²) in [6, 6.07) is 16.8. The molecular weight excluding hydrogens is 413 g/mol. The Kier molecular flexibility index (Phi) is 6.15. The number of hydrogen-bond donors (Lipinski definition) is 0. The third-order valence-corrected chi connectivity index (χ3v) is 6.67. The Balaban J connectivity index is 1.44. The van der Waals surface area contributed by atoms with Crippen LogP contribution in [0.25, 0.3) is 23.3 Å². The van der Waals surface area contributed by atoms with Gasteiger partial charge >= 0.3 is 0 Å². The first-order chi connectivity index (χ1) is 14.9. The molecule has 0 aliphatic carbocycles. The van der Waals surface area contributed by atoms with Gasteiger partial charge in [0, 0.05) is 44.3 Å². The van der Waals surface area contributed by atoms with Gasteiger partial charge in [0.25, 0.3) is 0 Å². The molecule has 31 heavy (non-hydrogen) atoms. The van der Waals surface area contributed by atoms with Crippen LogP contribution < -0.4 is 4.90 Å². The number of sulfonamides is 1. The highest BCUT2D eigenvalue weighted by atomic mass is 32.2. The molecule has 5 nitrogen and oxygen atoms in total. The van der Waals surface area contributed by atoms with Crippen LogP contribution in [0, 0.1) is 5.82 Å². The van der Waals surface area contributed by atoms with E-state index in [1.165, 1.54) is 22.7 Å². The Labute approximate surface area is 182 Å². The van der Waals surface area contributed by atoms with Gasteiger partial charge in [0.05, 0.1) is 6.26 Å². The van der Waals surface area contributed by atoms with Crippen molar-refractivity contribution in [2.45, 2.75) is 0 Å². The third-order valence-electron chi connectivity index (χ3n) is 5.37. The highest BCUT2D eigenvalue weighted by Crippen LogP contribution is 2.23. The molecule has 160 valence electrons. The smallest absolute Gasteiger partial charge is 0.211 e. The van der Waals surface area contributed by atoms with Crippen LogP contribution >= 0.6 is 0 Å². The Morgan fingerprint density at radius 3 is 2.13 bits per heavy atom. The van der Waals surface area contributed by atoms with Crippen LogP contribution in [0.1, 0.15) is 11.1 Å². The summed E-state index contributed by atoms with van der Waals surface area (Å²) in [6.45, 7) is 2.34. The molecule has 1 saturated heterocycles. The molecule has 1 aliphatic rings. The second kappa shape index (κ2) is 8.99. The summed E-state index contributed by atoms with van der Waals surface area (Å²) in [5, 5.41) is 0. The molecule has 0 atom stereocenters. The van der Waals surface area contributed by atoms with E-state index in [2.05, 4.69) is 9.88 Å². The molecule has 1 aliphatic heterocycles. The van der Waals surface area contributed by atoms with Crippen LogP contribution in [0.2, 0.25) is 0 Å². The number of rotatable bonds is 5. The van der Waals surface area contributed by atoms with Crippen molar-refractivity contribution < 1.29 is 12.8 Å². The normalized spacial score (nSPS) is 15.5. The molecule has 0 bridgehead atoms. The Bertz CT molecular complexity index is 1170. The largest absolute Gasteiger partial charge is 0.369 e. The van der Waals surface area contributed by atoms with Crippen LogP contribution in [0.5, 0.6) is 0 Å². The van der Waals surface area contributed by atoms with Crippen LogP contribution in [0.15, 0.2) is 67.0 Å². The minimum absolute atomic E-state index is 0.280. The minimum atomic E-state index is -3.13.